The van der Waals surface area contributed by atoms with Crippen molar-refractivity contribution in [3.63, 3.8) is 0 Å². The largest absolute Gasteiger partial charge is 0.363 e. The highest BCUT2D eigenvalue weighted by Gasteiger charge is 2.08. The van der Waals surface area contributed by atoms with Crippen LogP contribution >= 0.6 is 0 Å². The number of nitrogens with zero attached hydrogens (tertiary/aromatic N) is 1. The summed E-state index contributed by atoms with van der Waals surface area (Å²) in [6.07, 6.45) is 0.242. The average molecular weight is 158 g/mol. The van der Waals surface area contributed by atoms with Gasteiger partial charge in [-0.25, -0.2) is 0 Å². The van der Waals surface area contributed by atoms with E-state index in [1.54, 1.807) is 6.92 Å². The van der Waals surface area contributed by atoms with Gasteiger partial charge in [0.15, 0.2) is 0 Å². The molecular weight excluding hydrogens is 148 g/mol. The Morgan fingerprint density at radius 3 is 2.36 bits per heavy atom. The first-order valence-electron chi connectivity index (χ1n) is 2.99. The van der Waals surface area contributed by atoms with Gasteiger partial charge in [-0.15, -0.1) is 0 Å². The maximum Gasteiger partial charge on any atom is 0.286 e. The van der Waals surface area contributed by atoms with E-state index in [-0.39, 0.29) is 18.2 Å². The molecule has 0 atom stereocenters. The summed E-state index contributed by atoms with van der Waals surface area (Å²) in [6, 6.07) is 0. The second-order valence-electron chi connectivity index (χ2n) is 1.74. The average Bonchev–Trinajstić information content (AvgIpc) is 1.99. The zero-order chi connectivity index (χ0) is 8.85. The highest BCUT2D eigenvalue weighted by Crippen LogP contribution is 1.75. The first-order valence-corrected chi connectivity index (χ1v) is 2.99. The third kappa shape index (κ3) is 3.19. The third-order valence-corrected chi connectivity index (χ3v) is 0.941. The van der Waals surface area contributed by atoms with E-state index in [2.05, 4.69) is 10.4 Å². The van der Waals surface area contributed by atoms with Gasteiger partial charge in [-0.1, -0.05) is 6.92 Å². The van der Waals surface area contributed by atoms with Crippen molar-refractivity contribution < 1.29 is 9.59 Å². The SMILES string of the molecule is CCC(=O)NC(=NN)C(N)=O. The Balaban J connectivity index is 4.12. The molecule has 0 aliphatic carbocycles. The van der Waals surface area contributed by atoms with Gasteiger partial charge < -0.3 is 16.9 Å². The molecule has 0 aliphatic rings. The quantitative estimate of drug-likeness (QED) is 0.182. The molecule has 0 aromatic heterocycles. The maximum absolute atomic E-state index is 10.6. The van der Waals surface area contributed by atoms with Crippen molar-refractivity contribution in [3.05, 3.63) is 0 Å². The van der Waals surface area contributed by atoms with E-state index in [1.807, 2.05) is 0 Å². The monoisotopic (exact) mass is 158 g/mol. The summed E-state index contributed by atoms with van der Waals surface area (Å²) in [4.78, 5) is 21.0. The van der Waals surface area contributed by atoms with Gasteiger partial charge in [-0.05, 0) is 0 Å². The summed E-state index contributed by atoms with van der Waals surface area (Å²) < 4.78 is 0. The van der Waals surface area contributed by atoms with Crippen LogP contribution in [0.5, 0.6) is 0 Å². The molecule has 0 fully saturated rings. The van der Waals surface area contributed by atoms with E-state index in [0.29, 0.717) is 0 Å². The summed E-state index contributed by atoms with van der Waals surface area (Å²) in [5.74, 6) is 3.22. The highest BCUT2D eigenvalue weighted by atomic mass is 16.2. The lowest BCUT2D eigenvalue weighted by atomic mass is 10.4. The molecule has 62 valence electrons. The number of nitrogens with two attached hydrogens (primary N) is 2. The minimum atomic E-state index is -0.852. The number of amides is 2. The zero-order valence-corrected chi connectivity index (χ0v) is 6.13. The van der Waals surface area contributed by atoms with Crippen LogP contribution in [0.4, 0.5) is 0 Å². The summed E-state index contributed by atoms with van der Waals surface area (Å²) in [5.41, 5.74) is 4.79. The van der Waals surface area contributed by atoms with Gasteiger partial charge >= 0.3 is 0 Å². The van der Waals surface area contributed by atoms with Crippen LogP contribution in [0.3, 0.4) is 0 Å². The van der Waals surface area contributed by atoms with Crippen molar-refractivity contribution >= 4 is 17.6 Å². The molecule has 0 aromatic carbocycles. The fourth-order valence-corrected chi connectivity index (χ4v) is 0.378. The molecule has 0 heterocycles. The van der Waals surface area contributed by atoms with Gasteiger partial charge in [0.2, 0.25) is 11.7 Å². The second-order valence-corrected chi connectivity index (χ2v) is 1.74. The fraction of sp³-hybridized carbons (Fsp3) is 0.400. The smallest absolute Gasteiger partial charge is 0.286 e. The van der Waals surface area contributed by atoms with E-state index in [1.165, 1.54) is 0 Å². The molecule has 5 N–H and O–H groups in total. The predicted octanol–water partition coefficient (Wildman–Crippen LogP) is -1.73. The lowest BCUT2D eigenvalue weighted by Crippen LogP contribution is -2.40. The van der Waals surface area contributed by atoms with Gasteiger partial charge in [0.1, 0.15) is 0 Å². The lowest BCUT2D eigenvalue weighted by molar-refractivity contribution is -0.120. The first-order chi connectivity index (χ1) is 5.11. The molecule has 0 aromatic rings. The number of hydrogen-bond acceptors (Lipinski definition) is 4. The van der Waals surface area contributed by atoms with Crippen molar-refractivity contribution in [3.8, 4) is 0 Å². The first kappa shape index (κ1) is 9.41. The van der Waals surface area contributed by atoms with Gasteiger partial charge in [0.05, 0.1) is 0 Å². The van der Waals surface area contributed by atoms with Gasteiger partial charge in [-0.3, -0.25) is 9.59 Å². The molecule has 0 radical (unpaired) electrons. The minimum absolute atomic E-state index is 0.242. The number of nitrogens with one attached hydrogen (secondary N) is 1. The van der Waals surface area contributed by atoms with Crippen LogP contribution in [-0.2, 0) is 9.59 Å². The highest BCUT2D eigenvalue weighted by molar-refractivity contribution is 6.39. The number of hydrazone groups is 1. The molecule has 6 nitrogen and oxygen atoms in total. The van der Waals surface area contributed by atoms with Crippen LogP contribution in [0.2, 0.25) is 0 Å². The molecule has 0 spiro atoms. The predicted molar refractivity (Wildman–Crippen MR) is 39.3 cm³/mol. The molecule has 0 aliphatic heterocycles. The van der Waals surface area contributed by atoms with Crippen LogP contribution in [0.15, 0.2) is 5.10 Å². The van der Waals surface area contributed by atoms with E-state index in [9.17, 15) is 9.59 Å². The van der Waals surface area contributed by atoms with E-state index >= 15 is 0 Å². The molecule has 0 rings (SSSR count). The Morgan fingerprint density at radius 1 is 1.55 bits per heavy atom. The van der Waals surface area contributed by atoms with Crippen LogP contribution < -0.4 is 16.9 Å². The molecule has 0 saturated heterocycles. The lowest BCUT2D eigenvalue weighted by Gasteiger charge is -2.00. The molecular formula is C5H10N4O2. The molecule has 2 amide bonds. The number of primary amides is 1. The number of hydrogen-bond donors (Lipinski definition) is 3. The van der Waals surface area contributed by atoms with Crippen LogP contribution in [0.25, 0.3) is 0 Å². The van der Waals surface area contributed by atoms with Crippen molar-refractivity contribution in [1.29, 1.82) is 0 Å². The van der Waals surface area contributed by atoms with Crippen molar-refractivity contribution in [2.75, 3.05) is 0 Å². The minimum Gasteiger partial charge on any atom is -0.363 e. The Labute approximate surface area is 63.6 Å². The fourth-order valence-electron chi connectivity index (χ4n) is 0.378. The second kappa shape index (κ2) is 4.26. The summed E-state index contributed by atoms with van der Waals surface area (Å²) >= 11 is 0. The zero-order valence-electron chi connectivity index (χ0n) is 6.13. The summed E-state index contributed by atoms with van der Waals surface area (Å²) in [6.45, 7) is 1.63. The Morgan fingerprint density at radius 2 is 2.09 bits per heavy atom. The Bertz CT molecular complexity index is 199. The van der Waals surface area contributed by atoms with Crippen LogP contribution in [0, 0.1) is 0 Å². The normalized spacial score (nSPS) is 10.8. The van der Waals surface area contributed by atoms with Crippen molar-refractivity contribution in [2.45, 2.75) is 13.3 Å². The maximum atomic E-state index is 10.6. The standard InChI is InChI=1S/C5H10N4O2/c1-2-3(10)8-5(9-7)4(6)11/h2,7H2,1H3,(H2,6,11)(H,8,9,10). The van der Waals surface area contributed by atoms with Crippen LogP contribution in [0.1, 0.15) is 13.3 Å². The van der Waals surface area contributed by atoms with Gasteiger partial charge in [0.25, 0.3) is 5.91 Å². The van der Waals surface area contributed by atoms with Gasteiger partial charge in [-0.2, -0.15) is 5.10 Å². The number of carbonyl (C=O) groups excluding carboxylic acids is 2. The van der Waals surface area contributed by atoms with Gasteiger partial charge in [0, 0.05) is 6.42 Å². The van der Waals surface area contributed by atoms with Crippen molar-refractivity contribution in [2.24, 2.45) is 16.7 Å². The van der Waals surface area contributed by atoms with E-state index < -0.39 is 5.91 Å². The Hall–Kier alpha value is -1.59. The molecule has 6 heteroatoms. The topological polar surface area (TPSA) is 111 Å². The molecule has 0 unspecified atom stereocenters. The third-order valence-electron chi connectivity index (χ3n) is 0.941. The van der Waals surface area contributed by atoms with E-state index in [4.69, 9.17) is 11.6 Å². The molecule has 11 heavy (non-hydrogen) atoms. The number of amidine groups is 1. The Kier molecular flexibility index (Phi) is 3.65. The van der Waals surface area contributed by atoms with Crippen LogP contribution in [-0.4, -0.2) is 17.6 Å². The summed E-state index contributed by atoms with van der Waals surface area (Å²) in [5, 5.41) is 5.11. The number of carbonyl (C=O) groups is 2. The number of rotatable bonds is 1. The van der Waals surface area contributed by atoms with E-state index in [0.717, 1.165) is 0 Å². The molecule has 0 bridgehead atoms. The molecule has 0 saturated carbocycles. The summed E-state index contributed by atoms with van der Waals surface area (Å²) in [7, 11) is 0. The van der Waals surface area contributed by atoms with Crippen molar-refractivity contribution in [1.82, 2.24) is 5.32 Å².